The van der Waals surface area contributed by atoms with E-state index in [1.165, 1.54) is 25.1 Å². The Bertz CT molecular complexity index is 138. The molecule has 0 aliphatic carbocycles. The molecule has 0 fully saturated rings. The normalized spacial score (nSPS) is 17.2. The van der Waals surface area contributed by atoms with Crippen LogP contribution in [0.3, 0.4) is 0 Å². The fourth-order valence-corrected chi connectivity index (χ4v) is 1.26. The highest BCUT2D eigenvalue weighted by atomic mass is 15.0. The number of rotatable bonds is 3. The second-order valence-corrected chi connectivity index (χ2v) is 3.62. The molecule has 0 aromatic carbocycles. The van der Waals surface area contributed by atoms with E-state index in [0.717, 1.165) is 19.0 Å². The molecule has 1 rings (SSSR count). The molecule has 0 spiro atoms. The van der Waals surface area contributed by atoms with Crippen LogP contribution in [-0.4, -0.2) is 18.9 Å². The molecule has 0 bridgehead atoms. The van der Waals surface area contributed by atoms with Gasteiger partial charge in [0.05, 0.1) is 19.5 Å². The minimum atomic E-state index is 0.810. The second-order valence-electron chi connectivity index (χ2n) is 3.62. The van der Waals surface area contributed by atoms with Crippen LogP contribution in [0, 0.1) is 5.92 Å². The summed E-state index contributed by atoms with van der Waals surface area (Å²) >= 11 is 0. The van der Waals surface area contributed by atoms with Crippen molar-refractivity contribution in [2.75, 3.05) is 13.1 Å². The van der Waals surface area contributed by atoms with Crippen LogP contribution in [-0.2, 0) is 0 Å². The summed E-state index contributed by atoms with van der Waals surface area (Å²) in [4.78, 5) is 3.34. The molecule has 0 aromatic heterocycles. The third-order valence-electron chi connectivity index (χ3n) is 2.00. The molecule has 0 aromatic rings. The summed E-state index contributed by atoms with van der Waals surface area (Å²) in [5.74, 6) is 2.16. The van der Waals surface area contributed by atoms with E-state index >= 15 is 0 Å². The molecule has 11 heavy (non-hydrogen) atoms. The van der Waals surface area contributed by atoms with E-state index in [4.69, 9.17) is 0 Å². The van der Waals surface area contributed by atoms with Gasteiger partial charge in [0.1, 0.15) is 0 Å². The molecule has 0 amide bonds. The molecule has 64 valence electrons. The number of hydrogen-bond donors (Lipinski definition) is 2. The van der Waals surface area contributed by atoms with Crippen LogP contribution in [0.2, 0.25) is 0 Å². The van der Waals surface area contributed by atoms with Gasteiger partial charge in [-0.25, -0.2) is 0 Å². The van der Waals surface area contributed by atoms with Crippen molar-refractivity contribution in [3.63, 3.8) is 0 Å². The van der Waals surface area contributed by atoms with Gasteiger partial charge in [-0.2, -0.15) is 0 Å². The Morgan fingerprint density at radius 2 is 2.36 bits per heavy atom. The highest BCUT2D eigenvalue weighted by molar-refractivity contribution is 5.77. The molecule has 2 nitrogen and oxygen atoms in total. The topological polar surface area (TPSA) is 26.0 Å². The minimum Gasteiger partial charge on any atom is -0.279 e. The van der Waals surface area contributed by atoms with Gasteiger partial charge in [-0.05, 0) is 18.8 Å². The van der Waals surface area contributed by atoms with Crippen molar-refractivity contribution in [3.8, 4) is 0 Å². The summed E-state index contributed by atoms with van der Waals surface area (Å²) in [6, 6.07) is 0. The molecular weight excluding hydrogens is 136 g/mol. The Kier molecular flexibility index (Phi) is 3.40. The maximum atomic E-state index is 3.42. The van der Waals surface area contributed by atoms with Crippen LogP contribution in [0.25, 0.3) is 0 Å². The van der Waals surface area contributed by atoms with Crippen molar-refractivity contribution in [1.29, 1.82) is 0 Å². The first-order chi connectivity index (χ1) is 5.29. The fraction of sp³-hybridized carbons (Fsp3) is 0.889. The lowest BCUT2D eigenvalue weighted by Gasteiger charge is -2.01. The first-order valence-corrected chi connectivity index (χ1v) is 4.62. The van der Waals surface area contributed by atoms with Crippen LogP contribution in [0.4, 0.5) is 0 Å². The molecular formula is C9H19N2+. The maximum Gasteiger partial charge on any atom is 0.242 e. The Labute approximate surface area is 69.1 Å². The van der Waals surface area contributed by atoms with E-state index < -0.39 is 0 Å². The molecule has 1 aliphatic rings. The maximum absolute atomic E-state index is 3.42. The van der Waals surface area contributed by atoms with Gasteiger partial charge in [0.2, 0.25) is 5.84 Å². The van der Waals surface area contributed by atoms with E-state index in [1.54, 1.807) is 0 Å². The average Bonchev–Trinajstić information content (AvgIpc) is 2.39. The van der Waals surface area contributed by atoms with Gasteiger partial charge in [0.25, 0.3) is 0 Å². The molecule has 0 atom stereocenters. The van der Waals surface area contributed by atoms with Crippen LogP contribution in [0.1, 0.15) is 33.1 Å². The predicted molar refractivity (Wildman–Crippen MR) is 47.5 cm³/mol. The Morgan fingerprint density at radius 3 is 2.91 bits per heavy atom. The lowest BCUT2D eigenvalue weighted by Crippen LogP contribution is -2.72. The standard InChI is InChI=1S/C9H18N2/c1-8(2)5-7-11-9-4-3-6-10-9/h8H,3-7H2,1-2H3,(H,10,11)/p+1. The zero-order chi connectivity index (χ0) is 8.10. The third-order valence-corrected chi connectivity index (χ3v) is 2.00. The monoisotopic (exact) mass is 155 g/mol. The van der Waals surface area contributed by atoms with Crippen LogP contribution < -0.4 is 10.3 Å². The van der Waals surface area contributed by atoms with E-state index in [9.17, 15) is 0 Å². The zero-order valence-corrected chi connectivity index (χ0v) is 7.61. The van der Waals surface area contributed by atoms with Gasteiger partial charge in [0.15, 0.2) is 0 Å². The number of amidine groups is 1. The highest BCUT2D eigenvalue weighted by Gasteiger charge is 2.10. The van der Waals surface area contributed by atoms with Crippen molar-refractivity contribution in [1.82, 2.24) is 5.32 Å². The van der Waals surface area contributed by atoms with Crippen molar-refractivity contribution in [2.45, 2.75) is 33.1 Å². The Morgan fingerprint density at radius 1 is 1.55 bits per heavy atom. The van der Waals surface area contributed by atoms with Gasteiger partial charge in [0, 0.05) is 0 Å². The largest absolute Gasteiger partial charge is 0.279 e. The summed E-state index contributed by atoms with van der Waals surface area (Å²) in [6.45, 7) is 6.80. The molecule has 0 unspecified atom stereocenters. The van der Waals surface area contributed by atoms with Gasteiger partial charge < -0.3 is 0 Å². The van der Waals surface area contributed by atoms with Gasteiger partial charge in [-0.15, -0.1) is 0 Å². The van der Waals surface area contributed by atoms with Crippen LogP contribution >= 0.6 is 0 Å². The summed E-state index contributed by atoms with van der Waals surface area (Å²) in [5, 5.41) is 3.42. The molecule has 0 radical (unpaired) electrons. The SMILES string of the molecule is CC(C)CCNC1=[NH+]CCC1. The summed E-state index contributed by atoms with van der Waals surface area (Å²) in [6.07, 6.45) is 3.79. The van der Waals surface area contributed by atoms with E-state index in [-0.39, 0.29) is 0 Å². The van der Waals surface area contributed by atoms with Crippen LogP contribution in [0.15, 0.2) is 0 Å². The van der Waals surface area contributed by atoms with E-state index in [0.29, 0.717) is 0 Å². The van der Waals surface area contributed by atoms with Crippen molar-refractivity contribution >= 4 is 5.84 Å². The first-order valence-electron chi connectivity index (χ1n) is 4.62. The summed E-state index contributed by atoms with van der Waals surface area (Å²) < 4.78 is 0. The average molecular weight is 155 g/mol. The van der Waals surface area contributed by atoms with Gasteiger partial charge >= 0.3 is 0 Å². The van der Waals surface area contributed by atoms with Crippen molar-refractivity contribution in [2.24, 2.45) is 5.92 Å². The quantitative estimate of drug-likeness (QED) is 0.584. The van der Waals surface area contributed by atoms with E-state index in [2.05, 4.69) is 24.2 Å². The van der Waals surface area contributed by atoms with Crippen LogP contribution in [0.5, 0.6) is 0 Å². The number of nitrogens with one attached hydrogen (secondary N) is 2. The Hall–Kier alpha value is -0.530. The summed E-state index contributed by atoms with van der Waals surface area (Å²) in [5.41, 5.74) is 0. The highest BCUT2D eigenvalue weighted by Crippen LogP contribution is 1.96. The van der Waals surface area contributed by atoms with E-state index in [1.807, 2.05) is 0 Å². The van der Waals surface area contributed by atoms with Crippen molar-refractivity contribution in [3.05, 3.63) is 0 Å². The summed E-state index contributed by atoms with van der Waals surface area (Å²) in [7, 11) is 0. The molecule has 2 heteroatoms. The smallest absolute Gasteiger partial charge is 0.242 e. The predicted octanol–water partition coefficient (Wildman–Crippen LogP) is -0.105. The lowest BCUT2D eigenvalue weighted by molar-refractivity contribution is -0.449. The number of hydrogen-bond acceptors (Lipinski definition) is 1. The molecule has 1 heterocycles. The first kappa shape index (κ1) is 8.57. The third kappa shape index (κ3) is 3.40. The lowest BCUT2D eigenvalue weighted by atomic mass is 10.1. The molecule has 1 aliphatic heterocycles. The molecule has 2 N–H and O–H groups in total. The molecule has 0 saturated heterocycles. The minimum absolute atomic E-state index is 0.810. The Balaban J connectivity index is 2.03. The van der Waals surface area contributed by atoms with Crippen molar-refractivity contribution < 1.29 is 4.99 Å². The van der Waals surface area contributed by atoms with Gasteiger partial charge in [-0.1, -0.05) is 13.8 Å². The fourth-order valence-electron chi connectivity index (χ4n) is 1.26. The molecule has 0 saturated carbocycles. The zero-order valence-electron chi connectivity index (χ0n) is 7.61. The van der Waals surface area contributed by atoms with Gasteiger partial charge in [-0.3, -0.25) is 10.3 Å². The second kappa shape index (κ2) is 4.37.